The molecule has 3 aromatic rings. The van der Waals surface area contributed by atoms with Gasteiger partial charge in [-0.15, -0.1) is 0 Å². The van der Waals surface area contributed by atoms with Crippen LogP contribution in [0.2, 0.25) is 0 Å². The summed E-state index contributed by atoms with van der Waals surface area (Å²) in [6.45, 7) is 9.36. The lowest BCUT2D eigenvalue weighted by Crippen LogP contribution is -2.49. The van der Waals surface area contributed by atoms with E-state index in [4.69, 9.17) is 5.10 Å². The van der Waals surface area contributed by atoms with E-state index in [0.29, 0.717) is 6.54 Å². The van der Waals surface area contributed by atoms with Gasteiger partial charge in [0.2, 0.25) is 0 Å². The fourth-order valence-electron chi connectivity index (χ4n) is 5.12. The second kappa shape index (κ2) is 10.5. The lowest BCUT2D eigenvalue weighted by atomic mass is 9.94. The normalized spacial score (nSPS) is 19.1. The molecule has 5 nitrogen and oxygen atoms in total. The lowest BCUT2D eigenvalue weighted by Gasteiger charge is -2.35. The van der Waals surface area contributed by atoms with Crippen molar-refractivity contribution in [2.24, 2.45) is 5.10 Å². The first-order valence-electron chi connectivity index (χ1n) is 12.6. The molecule has 0 saturated carbocycles. The first-order valence-corrected chi connectivity index (χ1v) is 12.6. The first-order chi connectivity index (χ1) is 17.1. The van der Waals surface area contributed by atoms with Gasteiger partial charge in [0.15, 0.2) is 0 Å². The van der Waals surface area contributed by atoms with Gasteiger partial charge >= 0.3 is 0 Å². The van der Waals surface area contributed by atoms with Crippen LogP contribution in [0.1, 0.15) is 40.3 Å². The number of hydrogen-bond acceptors (Lipinski definition) is 4. The third-order valence-electron chi connectivity index (χ3n) is 7.14. The second-order valence-corrected chi connectivity index (χ2v) is 9.77. The summed E-state index contributed by atoms with van der Waals surface area (Å²) in [5, 5.41) is 6.65. The highest BCUT2D eigenvalue weighted by Crippen LogP contribution is 2.35. The Hall–Kier alpha value is -3.28. The van der Waals surface area contributed by atoms with Gasteiger partial charge in [0.1, 0.15) is 0 Å². The van der Waals surface area contributed by atoms with Crippen LogP contribution in [-0.4, -0.2) is 59.2 Å². The summed E-state index contributed by atoms with van der Waals surface area (Å²) in [4.78, 5) is 18.4. The molecule has 2 aliphatic rings. The van der Waals surface area contributed by atoms with Gasteiger partial charge in [-0.2, -0.15) is 5.10 Å². The quantitative estimate of drug-likeness (QED) is 0.524. The number of hydrazone groups is 1. The van der Waals surface area contributed by atoms with E-state index >= 15 is 0 Å². The number of aryl methyl sites for hydroxylation is 2. The van der Waals surface area contributed by atoms with Crippen molar-refractivity contribution in [3.63, 3.8) is 0 Å². The summed E-state index contributed by atoms with van der Waals surface area (Å²) >= 11 is 0. The van der Waals surface area contributed by atoms with E-state index in [1.54, 1.807) is 5.01 Å². The van der Waals surface area contributed by atoms with Crippen LogP contribution in [0.4, 0.5) is 0 Å². The molecule has 0 radical (unpaired) electrons. The fourth-order valence-corrected chi connectivity index (χ4v) is 5.12. The zero-order valence-corrected chi connectivity index (χ0v) is 20.7. The van der Waals surface area contributed by atoms with Crippen molar-refractivity contribution in [2.45, 2.75) is 32.9 Å². The smallest absolute Gasteiger partial charge is 0.257 e. The summed E-state index contributed by atoms with van der Waals surface area (Å²) in [5.74, 6) is 0.0818. The maximum atomic E-state index is 13.6. The van der Waals surface area contributed by atoms with Crippen molar-refractivity contribution in [1.29, 1.82) is 0 Å². The summed E-state index contributed by atoms with van der Waals surface area (Å²) in [5.41, 5.74) is 7.03. The first kappa shape index (κ1) is 23.5. The minimum Gasteiger partial charge on any atom is -0.297 e. The van der Waals surface area contributed by atoms with Crippen molar-refractivity contribution in [3.8, 4) is 0 Å². The molecule has 1 atom stereocenters. The van der Waals surface area contributed by atoms with Crippen LogP contribution < -0.4 is 0 Å². The molecule has 0 unspecified atom stereocenters. The summed E-state index contributed by atoms with van der Waals surface area (Å²) in [7, 11) is 0. The van der Waals surface area contributed by atoms with E-state index in [1.165, 1.54) is 22.3 Å². The van der Waals surface area contributed by atoms with Crippen molar-refractivity contribution >= 4 is 11.6 Å². The molecular formula is C30H34N4O. The molecule has 2 aliphatic heterocycles. The van der Waals surface area contributed by atoms with Crippen molar-refractivity contribution in [3.05, 3.63) is 107 Å². The molecule has 5 rings (SSSR count). The van der Waals surface area contributed by atoms with Crippen LogP contribution in [0.3, 0.4) is 0 Å². The van der Waals surface area contributed by atoms with E-state index in [0.717, 1.165) is 50.4 Å². The number of benzene rings is 3. The van der Waals surface area contributed by atoms with Crippen LogP contribution in [0, 0.1) is 13.8 Å². The highest BCUT2D eigenvalue weighted by Gasteiger charge is 2.35. The van der Waals surface area contributed by atoms with E-state index < -0.39 is 0 Å². The van der Waals surface area contributed by atoms with Crippen molar-refractivity contribution < 1.29 is 4.79 Å². The maximum absolute atomic E-state index is 13.6. The Bertz CT molecular complexity index is 1180. The average molecular weight is 467 g/mol. The predicted molar refractivity (Wildman–Crippen MR) is 141 cm³/mol. The zero-order chi connectivity index (χ0) is 24.2. The molecular weight excluding hydrogens is 432 g/mol. The Labute approximate surface area is 208 Å². The van der Waals surface area contributed by atoms with Gasteiger partial charge in [-0.05, 0) is 36.1 Å². The molecule has 3 aromatic carbocycles. The van der Waals surface area contributed by atoms with E-state index in [-0.39, 0.29) is 11.9 Å². The molecule has 0 spiro atoms. The molecule has 35 heavy (non-hydrogen) atoms. The van der Waals surface area contributed by atoms with Gasteiger partial charge in [-0.3, -0.25) is 14.6 Å². The second-order valence-electron chi connectivity index (χ2n) is 9.77. The van der Waals surface area contributed by atoms with E-state index in [2.05, 4.69) is 84.3 Å². The Morgan fingerprint density at radius 1 is 0.857 bits per heavy atom. The number of hydrogen-bond donors (Lipinski definition) is 0. The third-order valence-corrected chi connectivity index (χ3v) is 7.14. The molecule has 0 N–H and O–H groups in total. The number of carbonyl (C=O) groups excluding carboxylic acids is 1. The Kier molecular flexibility index (Phi) is 7.07. The third kappa shape index (κ3) is 5.53. The maximum Gasteiger partial charge on any atom is 0.257 e. The number of nitrogens with zero attached hydrogens (tertiary/aromatic N) is 4. The van der Waals surface area contributed by atoms with Crippen LogP contribution in [0.5, 0.6) is 0 Å². The topological polar surface area (TPSA) is 39.2 Å². The molecule has 1 amide bonds. The van der Waals surface area contributed by atoms with Gasteiger partial charge in [-0.1, -0.05) is 84.4 Å². The number of piperazine rings is 1. The predicted octanol–water partition coefficient (Wildman–Crippen LogP) is 4.80. The molecule has 0 aliphatic carbocycles. The van der Waals surface area contributed by atoms with Crippen LogP contribution >= 0.6 is 0 Å². The SMILES string of the molecule is Cc1ccc(C)c([C@@H]2CC(c3ccccc3)=NN2C(=O)CN2CCN(Cc3ccccc3)CC2)c1. The lowest BCUT2D eigenvalue weighted by molar-refractivity contribution is -0.134. The summed E-state index contributed by atoms with van der Waals surface area (Å²) in [6, 6.07) is 27.3. The zero-order valence-electron chi connectivity index (χ0n) is 20.7. The van der Waals surface area contributed by atoms with Crippen molar-refractivity contribution in [1.82, 2.24) is 14.8 Å². The van der Waals surface area contributed by atoms with E-state index in [1.807, 2.05) is 18.2 Å². The molecule has 0 bridgehead atoms. The Morgan fingerprint density at radius 2 is 1.51 bits per heavy atom. The highest BCUT2D eigenvalue weighted by molar-refractivity contribution is 6.03. The molecule has 0 aromatic heterocycles. The van der Waals surface area contributed by atoms with Gasteiger partial charge in [-0.25, -0.2) is 5.01 Å². The summed E-state index contributed by atoms with van der Waals surface area (Å²) in [6.07, 6.45) is 0.741. The monoisotopic (exact) mass is 466 g/mol. The Morgan fingerprint density at radius 3 is 2.23 bits per heavy atom. The molecule has 180 valence electrons. The molecule has 1 fully saturated rings. The van der Waals surface area contributed by atoms with Crippen LogP contribution in [0.25, 0.3) is 0 Å². The number of rotatable bonds is 6. The van der Waals surface area contributed by atoms with Gasteiger partial charge in [0.25, 0.3) is 5.91 Å². The summed E-state index contributed by atoms with van der Waals surface area (Å²) < 4.78 is 0. The molecule has 2 heterocycles. The average Bonchev–Trinajstić information content (AvgIpc) is 3.33. The van der Waals surface area contributed by atoms with Gasteiger partial charge in [0.05, 0.1) is 18.3 Å². The van der Waals surface area contributed by atoms with Crippen molar-refractivity contribution in [2.75, 3.05) is 32.7 Å². The number of amides is 1. The van der Waals surface area contributed by atoms with Gasteiger partial charge < -0.3 is 0 Å². The highest BCUT2D eigenvalue weighted by atomic mass is 16.2. The number of carbonyl (C=O) groups is 1. The molecule has 5 heteroatoms. The van der Waals surface area contributed by atoms with Gasteiger partial charge in [0, 0.05) is 39.1 Å². The minimum atomic E-state index is -0.0584. The fraction of sp³-hybridized carbons (Fsp3) is 0.333. The molecule has 1 saturated heterocycles. The Balaban J connectivity index is 1.29. The largest absolute Gasteiger partial charge is 0.297 e. The standard InChI is InChI=1S/C30H34N4O/c1-23-13-14-24(2)27(19-23)29-20-28(26-11-7-4-8-12-26)31-34(29)30(35)22-33-17-15-32(16-18-33)21-25-9-5-3-6-10-25/h3-14,19,29H,15-18,20-22H2,1-2H3/t29-/m0/s1. The van der Waals surface area contributed by atoms with E-state index in [9.17, 15) is 4.79 Å². The minimum absolute atomic E-state index is 0.0584. The van der Waals surface area contributed by atoms with Crippen LogP contribution in [0.15, 0.2) is 84.0 Å². The van der Waals surface area contributed by atoms with Crippen LogP contribution in [-0.2, 0) is 11.3 Å².